The highest BCUT2D eigenvalue weighted by molar-refractivity contribution is 6.47. The number of benzene rings is 1. The van der Waals surface area contributed by atoms with Crippen LogP contribution >= 0.6 is 11.6 Å². The number of piperidine rings is 1. The van der Waals surface area contributed by atoms with E-state index in [0.717, 1.165) is 17.0 Å². The van der Waals surface area contributed by atoms with Crippen molar-refractivity contribution in [3.8, 4) is 0 Å². The van der Waals surface area contributed by atoms with Gasteiger partial charge in [0.15, 0.2) is 0 Å². The van der Waals surface area contributed by atoms with Gasteiger partial charge in [0.05, 0.1) is 6.04 Å². The summed E-state index contributed by atoms with van der Waals surface area (Å²) in [6, 6.07) is 2.16. The molecular weight excluding hydrogens is 374 g/mol. The molecule has 2 rings (SSSR count). The van der Waals surface area contributed by atoms with E-state index in [9.17, 15) is 22.4 Å². The van der Waals surface area contributed by atoms with E-state index in [-0.39, 0.29) is 42.2 Å². The Kier molecular flexibility index (Phi) is 6.63. The molecule has 1 atom stereocenters. The molecule has 1 aliphatic rings. The zero-order valence-electron chi connectivity index (χ0n) is 14.0. The lowest BCUT2D eigenvalue weighted by Crippen LogP contribution is -2.51. The lowest BCUT2D eigenvalue weighted by molar-refractivity contribution is -0.130. The number of rotatable bonds is 6. The van der Waals surface area contributed by atoms with Crippen LogP contribution in [0.1, 0.15) is 25.3 Å². The zero-order chi connectivity index (χ0) is 19.4. The summed E-state index contributed by atoms with van der Waals surface area (Å²) in [5, 5.41) is 10.4. The van der Waals surface area contributed by atoms with Crippen LogP contribution in [0.4, 0.5) is 17.6 Å². The van der Waals surface area contributed by atoms with Crippen molar-refractivity contribution in [2.24, 2.45) is 0 Å². The summed E-state index contributed by atoms with van der Waals surface area (Å²) in [5.41, 5.74) is -0.596. The SMILES string of the molecule is CCC(C(F)F)N1CC/C(=C(\Cl)NCc2c(F)cccc2F)C(=N)C1=O. The molecule has 1 saturated heterocycles. The second-order valence-corrected chi connectivity index (χ2v) is 6.16. The highest BCUT2D eigenvalue weighted by Crippen LogP contribution is 2.25. The Labute approximate surface area is 153 Å². The first-order valence-electron chi connectivity index (χ1n) is 8.01. The fraction of sp³-hybridized carbons (Fsp3) is 0.412. The average Bonchev–Trinajstić information content (AvgIpc) is 2.58. The van der Waals surface area contributed by atoms with Gasteiger partial charge in [0.25, 0.3) is 12.3 Å². The van der Waals surface area contributed by atoms with Crippen molar-refractivity contribution in [1.82, 2.24) is 10.2 Å². The Morgan fingerprint density at radius 3 is 2.50 bits per heavy atom. The lowest BCUT2D eigenvalue weighted by atomic mass is 9.99. The molecular formula is C17H18ClF4N3O. The predicted molar refractivity (Wildman–Crippen MR) is 90.2 cm³/mol. The summed E-state index contributed by atoms with van der Waals surface area (Å²) in [6.45, 7) is 1.25. The molecule has 4 nitrogen and oxygen atoms in total. The second kappa shape index (κ2) is 8.53. The largest absolute Gasteiger partial charge is 0.371 e. The number of carbonyl (C=O) groups excluding carboxylic acids is 1. The van der Waals surface area contributed by atoms with Gasteiger partial charge in [-0.15, -0.1) is 0 Å². The van der Waals surface area contributed by atoms with Crippen LogP contribution < -0.4 is 5.32 Å². The van der Waals surface area contributed by atoms with E-state index >= 15 is 0 Å². The van der Waals surface area contributed by atoms with Crippen LogP contribution in [0, 0.1) is 17.0 Å². The van der Waals surface area contributed by atoms with E-state index in [0.29, 0.717) is 0 Å². The summed E-state index contributed by atoms with van der Waals surface area (Å²) in [7, 11) is 0. The van der Waals surface area contributed by atoms with Crippen LogP contribution in [0.5, 0.6) is 0 Å². The molecule has 0 spiro atoms. The van der Waals surface area contributed by atoms with Crippen molar-refractivity contribution >= 4 is 23.2 Å². The lowest BCUT2D eigenvalue weighted by Gasteiger charge is -2.35. The van der Waals surface area contributed by atoms with Crippen molar-refractivity contribution in [1.29, 1.82) is 5.41 Å². The monoisotopic (exact) mass is 391 g/mol. The molecule has 1 aromatic rings. The Hall–Kier alpha value is -2.09. The maximum absolute atomic E-state index is 13.6. The smallest absolute Gasteiger partial charge is 0.272 e. The van der Waals surface area contributed by atoms with Crippen molar-refractivity contribution < 1.29 is 22.4 Å². The quantitative estimate of drug-likeness (QED) is 0.572. The first-order valence-corrected chi connectivity index (χ1v) is 8.39. The van der Waals surface area contributed by atoms with E-state index in [4.69, 9.17) is 17.0 Å². The Morgan fingerprint density at radius 2 is 1.96 bits per heavy atom. The van der Waals surface area contributed by atoms with Crippen LogP contribution in [-0.2, 0) is 11.3 Å². The topological polar surface area (TPSA) is 56.2 Å². The van der Waals surface area contributed by atoms with Gasteiger partial charge in [-0.3, -0.25) is 10.2 Å². The number of likely N-dealkylation sites (tertiary alicyclic amines) is 1. The number of amides is 1. The fourth-order valence-electron chi connectivity index (χ4n) is 2.78. The highest BCUT2D eigenvalue weighted by atomic mass is 35.5. The van der Waals surface area contributed by atoms with Crippen LogP contribution in [0.15, 0.2) is 28.9 Å². The predicted octanol–water partition coefficient (Wildman–Crippen LogP) is 3.80. The Balaban J connectivity index is 2.14. The van der Waals surface area contributed by atoms with E-state index < -0.39 is 35.7 Å². The van der Waals surface area contributed by atoms with Crippen LogP contribution in [0.25, 0.3) is 0 Å². The molecule has 0 saturated carbocycles. The van der Waals surface area contributed by atoms with Gasteiger partial charge in [-0.1, -0.05) is 24.6 Å². The van der Waals surface area contributed by atoms with Crippen molar-refractivity contribution in [2.45, 2.75) is 38.8 Å². The molecule has 0 aliphatic carbocycles. The third-order valence-electron chi connectivity index (χ3n) is 4.24. The van der Waals surface area contributed by atoms with E-state index in [1.807, 2.05) is 0 Å². The number of halogens is 5. The van der Waals surface area contributed by atoms with Crippen LogP contribution in [0.2, 0.25) is 0 Å². The van der Waals surface area contributed by atoms with Gasteiger partial charge in [0.2, 0.25) is 0 Å². The van der Waals surface area contributed by atoms with Gasteiger partial charge < -0.3 is 10.2 Å². The molecule has 1 aliphatic heterocycles. The summed E-state index contributed by atoms with van der Waals surface area (Å²) in [4.78, 5) is 13.2. The standard InChI is InChI=1S/C17H18ClF4N3O/c1-2-13(16(21)22)25-7-6-9(14(23)17(25)26)15(18)24-8-10-11(19)4-3-5-12(10)20/h3-5,13,16,23-24H,2,6-8H2,1H3/b15-9-,23-14?. The first kappa shape index (κ1) is 20.2. The maximum Gasteiger partial charge on any atom is 0.272 e. The molecule has 26 heavy (non-hydrogen) atoms. The molecule has 0 bridgehead atoms. The van der Waals surface area contributed by atoms with Gasteiger partial charge in [0, 0.05) is 24.2 Å². The summed E-state index contributed by atoms with van der Waals surface area (Å²) >= 11 is 6.06. The number of alkyl halides is 2. The molecule has 0 aromatic heterocycles. The third kappa shape index (κ3) is 4.17. The first-order chi connectivity index (χ1) is 12.3. The molecule has 9 heteroatoms. The number of nitrogens with one attached hydrogen (secondary N) is 2. The molecule has 1 amide bonds. The molecule has 142 valence electrons. The van der Waals surface area contributed by atoms with Gasteiger partial charge in [-0.2, -0.15) is 0 Å². The second-order valence-electron chi connectivity index (χ2n) is 5.78. The van der Waals surface area contributed by atoms with Gasteiger partial charge >= 0.3 is 0 Å². The van der Waals surface area contributed by atoms with Gasteiger partial charge in [0.1, 0.15) is 22.5 Å². The minimum atomic E-state index is -2.71. The number of hydrogen-bond donors (Lipinski definition) is 2. The van der Waals surface area contributed by atoms with Gasteiger partial charge in [-0.05, 0) is 25.0 Å². The van der Waals surface area contributed by atoms with Crippen LogP contribution in [0.3, 0.4) is 0 Å². The summed E-state index contributed by atoms with van der Waals surface area (Å²) in [6.07, 6.45) is -2.55. The Bertz CT molecular complexity index is 718. The van der Waals surface area contributed by atoms with Crippen molar-refractivity contribution in [3.63, 3.8) is 0 Å². The van der Waals surface area contributed by atoms with E-state index in [1.54, 1.807) is 0 Å². The number of nitrogens with zero attached hydrogens (tertiary/aromatic N) is 1. The highest BCUT2D eigenvalue weighted by Gasteiger charge is 2.36. The molecule has 0 radical (unpaired) electrons. The summed E-state index contributed by atoms with van der Waals surface area (Å²) in [5.74, 6) is -2.35. The van der Waals surface area contributed by atoms with E-state index in [2.05, 4.69) is 5.32 Å². The molecule has 1 unspecified atom stereocenters. The maximum atomic E-state index is 13.6. The van der Waals surface area contributed by atoms with E-state index in [1.165, 1.54) is 13.0 Å². The number of carbonyl (C=O) groups is 1. The normalized spacial score (nSPS) is 18.3. The van der Waals surface area contributed by atoms with Gasteiger partial charge in [-0.25, -0.2) is 17.6 Å². The molecule has 2 N–H and O–H groups in total. The summed E-state index contributed by atoms with van der Waals surface area (Å²) < 4.78 is 53.3. The van der Waals surface area contributed by atoms with Crippen molar-refractivity contribution in [2.75, 3.05) is 6.54 Å². The number of hydrogen-bond acceptors (Lipinski definition) is 3. The minimum Gasteiger partial charge on any atom is -0.371 e. The minimum absolute atomic E-state index is 0.00858. The zero-order valence-corrected chi connectivity index (χ0v) is 14.7. The van der Waals surface area contributed by atoms with Crippen LogP contribution in [-0.4, -0.2) is 35.5 Å². The molecule has 1 fully saturated rings. The average molecular weight is 392 g/mol. The Morgan fingerprint density at radius 1 is 1.35 bits per heavy atom. The fourth-order valence-corrected chi connectivity index (χ4v) is 3.03. The van der Waals surface area contributed by atoms with Crippen molar-refractivity contribution in [3.05, 3.63) is 46.1 Å². The molecule has 1 heterocycles. The molecule has 1 aromatic carbocycles. The third-order valence-corrected chi connectivity index (χ3v) is 4.60.